The monoisotopic (exact) mass is 206 g/mol. The van der Waals surface area contributed by atoms with E-state index in [1.54, 1.807) is 6.92 Å². The summed E-state index contributed by atoms with van der Waals surface area (Å²) in [6, 6.07) is 0. The third-order valence-electron chi connectivity index (χ3n) is 3.05. The second kappa shape index (κ2) is 3.02. The molecule has 1 saturated carbocycles. The third-order valence-corrected chi connectivity index (χ3v) is 3.05. The van der Waals surface area contributed by atoms with Crippen LogP contribution in [-0.4, -0.2) is 21.0 Å². The van der Waals surface area contributed by atoms with E-state index in [0.717, 1.165) is 12.2 Å². The lowest BCUT2D eigenvalue weighted by molar-refractivity contribution is 0.0695. The molecule has 4 heteroatoms. The molecule has 80 valence electrons. The molecule has 0 bridgehead atoms. The summed E-state index contributed by atoms with van der Waals surface area (Å²) in [5, 5.41) is 8.83. The lowest BCUT2D eigenvalue weighted by Crippen LogP contribution is -2.06. The van der Waals surface area contributed by atoms with E-state index in [1.807, 2.05) is 0 Å². The molecule has 4 nitrogen and oxygen atoms in total. The van der Waals surface area contributed by atoms with Gasteiger partial charge in [-0.25, -0.2) is 14.8 Å². The summed E-state index contributed by atoms with van der Waals surface area (Å²) < 4.78 is 0. The Balaban J connectivity index is 2.31. The molecule has 0 spiro atoms. The lowest BCUT2D eigenvalue weighted by atomic mass is 10.1. The predicted octanol–water partition coefficient (Wildman–Crippen LogP) is 2.00. The van der Waals surface area contributed by atoms with Gasteiger partial charge < -0.3 is 5.11 Å². The molecule has 0 saturated heterocycles. The highest BCUT2D eigenvalue weighted by Gasteiger charge is 2.48. The van der Waals surface area contributed by atoms with Crippen molar-refractivity contribution in [3.8, 4) is 0 Å². The number of carboxylic acids is 1. The minimum Gasteiger partial charge on any atom is -0.478 e. The summed E-state index contributed by atoms with van der Waals surface area (Å²) in [5.41, 5.74) is 1.02. The summed E-state index contributed by atoms with van der Waals surface area (Å²) in [4.78, 5) is 19.2. The first-order chi connectivity index (χ1) is 6.92. The highest BCUT2D eigenvalue weighted by molar-refractivity contribution is 5.88. The van der Waals surface area contributed by atoms with Crippen molar-refractivity contribution >= 4 is 5.97 Å². The van der Waals surface area contributed by atoms with Crippen LogP contribution in [0.2, 0.25) is 0 Å². The lowest BCUT2D eigenvalue weighted by Gasteiger charge is -2.04. The van der Waals surface area contributed by atoms with Crippen LogP contribution in [-0.2, 0) is 0 Å². The molecule has 1 unspecified atom stereocenters. The molecule has 1 N–H and O–H groups in total. The Morgan fingerprint density at radius 2 is 2.20 bits per heavy atom. The molecule has 1 aliphatic rings. The molecule has 0 aromatic carbocycles. The molecule has 15 heavy (non-hydrogen) atoms. The molecule has 1 aromatic rings. The van der Waals surface area contributed by atoms with Crippen molar-refractivity contribution in [2.45, 2.75) is 33.1 Å². The molecule has 1 atom stereocenters. The van der Waals surface area contributed by atoms with Gasteiger partial charge in [0.05, 0.1) is 11.3 Å². The van der Waals surface area contributed by atoms with Crippen LogP contribution in [0.15, 0.2) is 6.20 Å². The van der Waals surface area contributed by atoms with E-state index >= 15 is 0 Å². The zero-order valence-electron chi connectivity index (χ0n) is 9.11. The summed E-state index contributed by atoms with van der Waals surface area (Å²) in [7, 11) is 0. The van der Waals surface area contributed by atoms with Gasteiger partial charge in [0, 0.05) is 12.1 Å². The van der Waals surface area contributed by atoms with Crippen LogP contribution in [0, 0.1) is 12.3 Å². The van der Waals surface area contributed by atoms with Crippen LogP contribution in [0.4, 0.5) is 0 Å². The number of rotatable bonds is 2. The fraction of sp³-hybridized carbons (Fsp3) is 0.545. The van der Waals surface area contributed by atoms with Gasteiger partial charge in [-0.3, -0.25) is 0 Å². The van der Waals surface area contributed by atoms with Crippen molar-refractivity contribution in [2.24, 2.45) is 5.41 Å². The summed E-state index contributed by atoms with van der Waals surface area (Å²) >= 11 is 0. The van der Waals surface area contributed by atoms with Gasteiger partial charge in [-0.1, -0.05) is 13.8 Å². The molecular formula is C11H14N2O2. The van der Waals surface area contributed by atoms with E-state index in [4.69, 9.17) is 5.11 Å². The summed E-state index contributed by atoms with van der Waals surface area (Å²) in [6.07, 6.45) is 2.49. The van der Waals surface area contributed by atoms with E-state index in [-0.39, 0.29) is 11.0 Å². The second-order valence-corrected chi connectivity index (χ2v) is 4.78. The Bertz CT molecular complexity index is 427. The Morgan fingerprint density at radius 1 is 1.60 bits per heavy atom. The number of hydrogen-bond acceptors (Lipinski definition) is 3. The van der Waals surface area contributed by atoms with E-state index < -0.39 is 5.97 Å². The maximum absolute atomic E-state index is 10.8. The quantitative estimate of drug-likeness (QED) is 0.803. The third kappa shape index (κ3) is 1.71. The van der Waals surface area contributed by atoms with Crippen molar-refractivity contribution in [1.29, 1.82) is 0 Å². The Labute approximate surface area is 88.4 Å². The van der Waals surface area contributed by atoms with Crippen LogP contribution in [0.3, 0.4) is 0 Å². The molecular weight excluding hydrogens is 192 g/mol. The molecule has 1 aromatic heterocycles. The number of aryl methyl sites for hydroxylation is 1. The topological polar surface area (TPSA) is 63.1 Å². The second-order valence-electron chi connectivity index (χ2n) is 4.78. The first kappa shape index (κ1) is 10.1. The Hall–Kier alpha value is -1.45. The van der Waals surface area contributed by atoms with Gasteiger partial charge in [0.25, 0.3) is 0 Å². The highest BCUT2D eigenvalue weighted by Crippen LogP contribution is 2.57. The van der Waals surface area contributed by atoms with Gasteiger partial charge >= 0.3 is 5.97 Å². The van der Waals surface area contributed by atoms with Crippen LogP contribution in [0.1, 0.15) is 48.1 Å². The number of nitrogens with zero attached hydrogens (tertiary/aromatic N) is 2. The Kier molecular flexibility index (Phi) is 2.03. The minimum absolute atomic E-state index is 0.192. The van der Waals surface area contributed by atoms with Crippen LogP contribution in [0.25, 0.3) is 0 Å². The fourth-order valence-corrected chi connectivity index (χ4v) is 1.77. The summed E-state index contributed by atoms with van der Waals surface area (Å²) in [6.45, 7) is 6.05. The first-order valence-corrected chi connectivity index (χ1v) is 4.98. The van der Waals surface area contributed by atoms with E-state index in [9.17, 15) is 4.79 Å². The number of carboxylic acid groups (broad SMARTS) is 1. The first-order valence-electron chi connectivity index (χ1n) is 4.98. The van der Waals surface area contributed by atoms with Gasteiger partial charge in [0.2, 0.25) is 0 Å². The van der Waals surface area contributed by atoms with Crippen molar-refractivity contribution in [1.82, 2.24) is 9.97 Å². The van der Waals surface area contributed by atoms with Crippen LogP contribution >= 0.6 is 0 Å². The molecule has 0 aliphatic heterocycles. The normalized spacial score (nSPS) is 22.5. The molecule has 1 heterocycles. The van der Waals surface area contributed by atoms with Crippen molar-refractivity contribution in [3.63, 3.8) is 0 Å². The molecule has 2 rings (SSSR count). The summed E-state index contributed by atoms with van der Waals surface area (Å²) in [5.74, 6) is 0.204. The maximum atomic E-state index is 10.8. The van der Waals surface area contributed by atoms with E-state index in [1.165, 1.54) is 6.20 Å². The fourth-order valence-electron chi connectivity index (χ4n) is 1.77. The van der Waals surface area contributed by atoms with Gasteiger partial charge in [-0.05, 0) is 18.8 Å². The minimum atomic E-state index is -0.964. The number of carbonyl (C=O) groups is 1. The number of aromatic nitrogens is 2. The number of aromatic carboxylic acids is 1. The smallest absolute Gasteiger partial charge is 0.339 e. The molecule has 0 radical (unpaired) electrons. The van der Waals surface area contributed by atoms with E-state index in [0.29, 0.717) is 11.6 Å². The van der Waals surface area contributed by atoms with Gasteiger partial charge in [0.15, 0.2) is 0 Å². The zero-order valence-corrected chi connectivity index (χ0v) is 9.11. The van der Waals surface area contributed by atoms with Gasteiger partial charge in [-0.15, -0.1) is 0 Å². The SMILES string of the molecule is Cc1nc(C2CC2(C)C)ncc1C(=O)O. The zero-order chi connectivity index (χ0) is 11.2. The van der Waals surface area contributed by atoms with Gasteiger partial charge in [-0.2, -0.15) is 0 Å². The molecule has 1 fully saturated rings. The Morgan fingerprint density at radius 3 is 2.60 bits per heavy atom. The highest BCUT2D eigenvalue weighted by atomic mass is 16.4. The van der Waals surface area contributed by atoms with Crippen molar-refractivity contribution in [2.75, 3.05) is 0 Å². The molecule has 0 amide bonds. The maximum Gasteiger partial charge on any atom is 0.339 e. The van der Waals surface area contributed by atoms with Crippen LogP contribution < -0.4 is 0 Å². The number of hydrogen-bond donors (Lipinski definition) is 1. The standard InChI is InChI=1S/C11H14N2O2/c1-6-7(10(14)15)5-12-9(13-6)8-4-11(8,2)3/h5,8H,4H2,1-3H3,(H,14,15). The average molecular weight is 206 g/mol. The molecule has 1 aliphatic carbocycles. The predicted molar refractivity (Wildman–Crippen MR) is 54.9 cm³/mol. The average Bonchev–Trinajstić information content (AvgIpc) is 2.74. The van der Waals surface area contributed by atoms with Gasteiger partial charge in [0.1, 0.15) is 5.82 Å². The van der Waals surface area contributed by atoms with E-state index in [2.05, 4.69) is 23.8 Å². The van der Waals surface area contributed by atoms with Crippen molar-refractivity contribution < 1.29 is 9.90 Å². The largest absolute Gasteiger partial charge is 0.478 e. The van der Waals surface area contributed by atoms with Crippen LogP contribution in [0.5, 0.6) is 0 Å². The van der Waals surface area contributed by atoms with Crippen molar-refractivity contribution in [3.05, 3.63) is 23.3 Å².